The molecule has 0 saturated carbocycles. The third-order valence-corrected chi connectivity index (χ3v) is 7.08. The van der Waals surface area contributed by atoms with Crippen LogP contribution in [0.15, 0.2) is 59.8 Å². The first-order valence-electron chi connectivity index (χ1n) is 11.2. The minimum Gasteiger partial charge on any atom is -0.368 e. The minimum atomic E-state index is -4.58. The van der Waals surface area contributed by atoms with Gasteiger partial charge in [-0.15, -0.1) is 0 Å². The quantitative estimate of drug-likeness (QED) is 0.397. The summed E-state index contributed by atoms with van der Waals surface area (Å²) in [6, 6.07) is 17.4. The van der Waals surface area contributed by atoms with Crippen molar-refractivity contribution in [3.8, 4) is 11.3 Å². The van der Waals surface area contributed by atoms with E-state index in [2.05, 4.69) is 14.9 Å². The van der Waals surface area contributed by atoms with E-state index in [0.29, 0.717) is 43.9 Å². The van der Waals surface area contributed by atoms with Gasteiger partial charge in [-0.3, -0.25) is 4.79 Å². The smallest absolute Gasteiger partial charge is 0.368 e. The lowest BCUT2D eigenvalue weighted by Gasteiger charge is -2.36. The van der Waals surface area contributed by atoms with Gasteiger partial charge in [0.25, 0.3) is 0 Å². The summed E-state index contributed by atoms with van der Waals surface area (Å²) in [5, 5.41) is -0.0148. The number of rotatable bonds is 4. The van der Waals surface area contributed by atoms with Crippen LogP contribution in [0.1, 0.15) is 16.8 Å². The monoisotopic (exact) mass is 484 g/mol. The molecule has 9 heteroatoms. The number of para-hydroxylation sites is 1. The first-order valence-corrected chi connectivity index (χ1v) is 12.2. The molecule has 34 heavy (non-hydrogen) atoms. The Labute approximate surface area is 200 Å². The van der Waals surface area contributed by atoms with Crippen LogP contribution in [0.5, 0.6) is 0 Å². The summed E-state index contributed by atoms with van der Waals surface area (Å²) >= 11 is 0.970. The highest BCUT2D eigenvalue weighted by molar-refractivity contribution is 7.99. The molecular weight excluding hydrogens is 461 g/mol. The van der Waals surface area contributed by atoms with Crippen molar-refractivity contribution in [3.05, 3.63) is 71.4 Å². The Morgan fingerprint density at radius 1 is 0.912 bits per heavy atom. The molecule has 3 aromatic rings. The molecule has 5 rings (SSSR count). The van der Waals surface area contributed by atoms with Crippen LogP contribution in [0.4, 0.5) is 18.9 Å². The summed E-state index contributed by atoms with van der Waals surface area (Å²) < 4.78 is 41.5. The Bertz CT molecular complexity index is 1190. The average molecular weight is 485 g/mol. The lowest BCUT2D eigenvalue weighted by atomic mass is 9.88. The van der Waals surface area contributed by atoms with Gasteiger partial charge in [-0.2, -0.15) is 13.2 Å². The zero-order chi connectivity index (χ0) is 23.7. The van der Waals surface area contributed by atoms with E-state index in [9.17, 15) is 18.0 Å². The van der Waals surface area contributed by atoms with Crippen LogP contribution < -0.4 is 4.90 Å². The summed E-state index contributed by atoms with van der Waals surface area (Å²) in [6.45, 7) is 2.57. The second-order valence-electron chi connectivity index (χ2n) is 8.33. The van der Waals surface area contributed by atoms with Crippen molar-refractivity contribution in [2.75, 3.05) is 36.8 Å². The number of amides is 1. The van der Waals surface area contributed by atoms with Crippen LogP contribution in [0.3, 0.4) is 0 Å². The van der Waals surface area contributed by atoms with E-state index in [1.807, 2.05) is 42.5 Å². The lowest BCUT2D eigenvalue weighted by Crippen LogP contribution is -2.49. The highest BCUT2D eigenvalue weighted by Gasteiger charge is 2.39. The van der Waals surface area contributed by atoms with Gasteiger partial charge in [0.1, 0.15) is 0 Å². The second-order valence-corrected chi connectivity index (χ2v) is 9.27. The molecule has 0 N–H and O–H groups in total. The predicted molar refractivity (Wildman–Crippen MR) is 126 cm³/mol. The molecule has 1 amide bonds. The molecule has 2 aromatic carbocycles. The third kappa shape index (κ3) is 4.61. The molecule has 5 nitrogen and oxygen atoms in total. The number of hydrogen-bond donors (Lipinski definition) is 0. The fourth-order valence-electron chi connectivity index (χ4n) is 4.52. The summed E-state index contributed by atoms with van der Waals surface area (Å²) in [5.41, 5.74) is 2.38. The Kier molecular flexibility index (Phi) is 6.20. The number of nitrogens with zero attached hydrogens (tertiary/aromatic N) is 4. The summed E-state index contributed by atoms with van der Waals surface area (Å²) in [4.78, 5) is 25.1. The highest BCUT2D eigenvalue weighted by atomic mass is 32.2. The van der Waals surface area contributed by atoms with Gasteiger partial charge in [0.2, 0.25) is 5.91 Å². The SMILES string of the molecule is O=C(CSc1nc2c(c(C(F)(F)F)n1)CCc1ccccc1-2)N1CCN(c2ccccc2)CC1. The normalized spacial score (nSPS) is 15.6. The molecule has 0 radical (unpaired) electrons. The molecule has 0 atom stereocenters. The molecule has 1 fully saturated rings. The maximum absolute atomic E-state index is 13.8. The number of halogens is 3. The number of carbonyl (C=O) groups excluding carboxylic acids is 1. The largest absolute Gasteiger partial charge is 0.433 e. The number of carbonyl (C=O) groups is 1. The van der Waals surface area contributed by atoms with E-state index < -0.39 is 11.9 Å². The van der Waals surface area contributed by atoms with Crippen LogP contribution in [-0.2, 0) is 23.8 Å². The van der Waals surface area contributed by atoms with Gasteiger partial charge >= 0.3 is 6.18 Å². The van der Waals surface area contributed by atoms with Crippen molar-refractivity contribution in [3.63, 3.8) is 0 Å². The van der Waals surface area contributed by atoms with Gasteiger partial charge in [0.15, 0.2) is 10.9 Å². The molecule has 0 bridgehead atoms. The van der Waals surface area contributed by atoms with Crippen LogP contribution in [0.2, 0.25) is 0 Å². The number of benzene rings is 2. The predicted octanol–water partition coefficient (Wildman–Crippen LogP) is 4.70. The zero-order valence-corrected chi connectivity index (χ0v) is 19.2. The zero-order valence-electron chi connectivity index (χ0n) is 18.4. The maximum Gasteiger partial charge on any atom is 0.433 e. The Hall–Kier alpha value is -3.07. The minimum absolute atomic E-state index is 0.00304. The molecule has 1 aromatic heterocycles. The molecule has 176 valence electrons. The van der Waals surface area contributed by atoms with Gasteiger partial charge in [-0.05, 0) is 30.5 Å². The number of fused-ring (bicyclic) bond motifs is 3. The van der Waals surface area contributed by atoms with Crippen molar-refractivity contribution in [2.45, 2.75) is 24.2 Å². The van der Waals surface area contributed by atoms with E-state index in [1.54, 1.807) is 17.0 Å². The van der Waals surface area contributed by atoms with Gasteiger partial charge in [-0.1, -0.05) is 54.2 Å². The standard InChI is InChI=1S/C25H23F3N4OS/c26-25(27,28)23-20-11-10-17-6-4-5-9-19(17)22(20)29-24(30-23)34-16-21(33)32-14-12-31(13-15-32)18-7-2-1-3-8-18/h1-9H,10-16H2. The number of thioether (sulfide) groups is 1. The Balaban J connectivity index is 1.30. The van der Waals surface area contributed by atoms with Crippen molar-refractivity contribution in [1.82, 2.24) is 14.9 Å². The molecule has 2 aliphatic rings. The third-order valence-electron chi connectivity index (χ3n) is 6.25. The average Bonchev–Trinajstić information content (AvgIpc) is 2.86. The topological polar surface area (TPSA) is 49.3 Å². The number of aromatic nitrogens is 2. The first-order chi connectivity index (χ1) is 16.4. The number of aryl methyl sites for hydroxylation is 1. The second kappa shape index (κ2) is 9.29. The Morgan fingerprint density at radius 2 is 1.62 bits per heavy atom. The molecule has 0 unspecified atom stereocenters. The van der Waals surface area contributed by atoms with Gasteiger partial charge in [-0.25, -0.2) is 9.97 Å². The first kappa shape index (κ1) is 22.7. The Morgan fingerprint density at radius 3 is 2.35 bits per heavy atom. The van der Waals surface area contributed by atoms with Crippen LogP contribution in [0.25, 0.3) is 11.3 Å². The molecular formula is C25H23F3N4OS. The fraction of sp³-hybridized carbons (Fsp3) is 0.320. The van der Waals surface area contributed by atoms with Crippen LogP contribution in [0, 0.1) is 0 Å². The summed E-state index contributed by atoms with van der Waals surface area (Å²) in [7, 11) is 0. The van der Waals surface area contributed by atoms with Crippen LogP contribution in [-0.4, -0.2) is 52.7 Å². The maximum atomic E-state index is 13.8. The van der Waals surface area contributed by atoms with Crippen molar-refractivity contribution in [1.29, 1.82) is 0 Å². The van der Waals surface area contributed by atoms with Gasteiger partial charge in [0.05, 0.1) is 11.4 Å². The molecule has 1 aliphatic carbocycles. The van der Waals surface area contributed by atoms with Crippen LogP contribution >= 0.6 is 11.8 Å². The van der Waals surface area contributed by atoms with E-state index in [0.717, 1.165) is 23.0 Å². The summed E-state index contributed by atoms with van der Waals surface area (Å²) in [6.07, 6.45) is -3.81. The molecule has 1 saturated heterocycles. The van der Waals surface area contributed by atoms with Gasteiger partial charge < -0.3 is 9.80 Å². The van der Waals surface area contributed by atoms with Crippen molar-refractivity contribution in [2.24, 2.45) is 0 Å². The fourth-order valence-corrected chi connectivity index (χ4v) is 5.27. The highest BCUT2D eigenvalue weighted by Crippen LogP contribution is 2.40. The van der Waals surface area contributed by atoms with Crippen molar-refractivity contribution >= 4 is 23.4 Å². The van der Waals surface area contributed by atoms with E-state index in [1.165, 1.54) is 0 Å². The van der Waals surface area contributed by atoms with Crippen molar-refractivity contribution < 1.29 is 18.0 Å². The van der Waals surface area contributed by atoms with Gasteiger partial charge in [0, 0.05) is 43.0 Å². The molecule has 0 spiro atoms. The summed E-state index contributed by atoms with van der Waals surface area (Å²) in [5.74, 6) is -0.115. The number of piperazine rings is 1. The van der Waals surface area contributed by atoms with E-state index in [4.69, 9.17) is 0 Å². The molecule has 2 heterocycles. The van der Waals surface area contributed by atoms with E-state index >= 15 is 0 Å². The lowest BCUT2D eigenvalue weighted by molar-refractivity contribution is -0.142. The molecule has 1 aliphatic heterocycles. The number of alkyl halides is 3. The number of hydrogen-bond acceptors (Lipinski definition) is 5. The van der Waals surface area contributed by atoms with E-state index in [-0.39, 0.29) is 28.8 Å². The number of anilines is 1.